The van der Waals surface area contributed by atoms with Gasteiger partial charge in [0.05, 0.1) is 17.5 Å². The first kappa shape index (κ1) is 15.1. The minimum absolute atomic E-state index is 0.0251. The van der Waals surface area contributed by atoms with E-state index in [9.17, 15) is 4.79 Å². The maximum Gasteiger partial charge on any atom is 0.254 e. The normalized spacial score (nSPS) is 32.8. The quantitative estimate of drug-likeness (QED) is 0.937. The van der Waals surface area contributed by atoms with Gasteiger partial charge in [-0.3, -0.25) is 4.79 Å². The van der Waals surface area contributed by atoms with Crippen LogP contribution in [0.3, 0.4) is 0 Å². The Morgan fingerprint density at radius 3 is 2.48 bits per heavy atom. The smallest absolute Gasteiger partial charge is 0.254 e. The molecule has 0 radical (unpaired) electrons. The van der Waals surface area contributed by atoms with Gasteiger partial charge in [0.2, 0.25) is 0 Å². The highest BCUT2D eigenvalue weighted by molar-refractivity contribution is 5.95. The summed E-state index contributed by atoms with van der Waals surface area (Å²) in [5.74, 6) is 3.98. The molecule has 6 rings (SSSR count). The van der Waals surface area contributed by atoms with Gasteiger partial charge in [-0.05, 0) is 74.8 Å². The zero-order valence-electron chi connectivity index (χ0n) is 14.6. The predicted molar refractivity (Wildman–Crippen MR) is 94.4 cm³/mol. The Kier molecular flexibility index (Phi) is 3.43. The third-order valence-electron chi connectivity index (χ3n) is 6.65. The van der Waals surface area contributed by atoms with Gasteiger partial charge in [0, 0.05) is 12.2 Å². The summed E-state index contributed by atoms with van der Waals surface area (Å²) < 4.78 is 1.74. The largest absolute Gasteiger partial charge is 0.349 e. The van der Waals surface area contributed by atoms with E-state index in [0.717, 1.165) is 23.3 Å². The Morgan fingerprint density at radius 2 is 1.84 bits per heavy atom. The van der Waals surface area contributed by atoms with Crippen LogP contribution in [-0.4, -0.2) is 26.7 Å². The molecule has 25 heavy (non-hydrogen) atoms. The fourth-order valence-corrected chi connectivity index (χ4v) is 5.73. The number of aromatic nitrogens is 3. The van der Waals surface area contributed by atoms with Gasteiger partial charge >= 0.3 is 0 Å². The highest BCUT2D eigenvalue weighted by atomic mass is 16.1. The van der Waals surface area contributed by atoms with Crippen LogP contribution >= 0.6 is 0 Å². The van der Waals surface area contributed by atoms with E-state index in [1.165, 1.54) is 32.1 Å². The van der Waals surface area contributed by atoms with Crippen LogP contribution in [-0.2, 0) is 0 Å². The van der Waals surface area contributed by atoms with Crippen molar-refractivity contribution in [3.63, 3.8) is 0 Å². The minimum Gasteiger partial charge on any atom is -0.349 e. The van der Waals surface area contributed by atoms with Crippen molar-refractivity contribution < 1.29 is 4.79 Å². The molecule has 5 nitrogen and oxygen atoms in total. The summed E-state index contributed by atoms with van der Waals surface area (Å²) >= 11 is 0. The summed E-state index contributed by atoms with van der Waals surface area (Å²) in [6.45, 7) is 1.94. The topological polar surface area (TPSA) is 59.8 Å². The van der Waals surface area contributed by atoms with Crippen LogP contribution in [0.2, 0.25) is 0 Å². The Hall–Kier alpha value is -2.17. The summed E-state index contributed by atoms with van der Waals surface area (Å²) in [6.07, 6.45) is 10.1. The molecule has 1 N–H and O–H groups in total. The molecule has 0 atom stereocenters. The van der Waals surface area contributed by atoms with Crippen LogP contribution in [0.15, 0.2) is 30.6 Å². The molecule has 4 fully saturated rings. The van der Waals surface area contributed by atoms with E-state index in [0.29, 0.717) is 23.4 Å². The second kappa shape index (κ2) is 5.68. The fraction of sp³-hybridized carbons (Fsp3) is 0.550. The summed E-state index contributed by atoms with van der Waals surface area (Å²) in [4.78, 5) is 17.2. The molecule has 0 spiro atoms. The first-order valence-electron chi connectivity index (χ1n) is 9.46. The second-order valence-corrected chi connectivity index (χ2v) is 8.17. The molecule has 0 aromatic carbocycles. The zero-order chi connectivity index (χ0) is 17.0. The summed E-state index contributed by atoms with van der Waals surface area (Å²) in [5, 5.41) is 7.76. The average Bonchev–Trinajstić information content (AvgIpc) is 3.00. The van der Waals surface area contributed by atoms with E-state index in [-0.39, 0.29) is 5.91 Å². The van der Waals surface area contributed by atoms with Gasteiger partial charge < -0.3 is 5.32 Å². The Balaban J connectivity index is 1.36. The maximum atomic E-state index is 12.9. The number of nitrogens with zero attached hydrogens (tertiary/aromatic N) is 3. The van der Waals surface area contributed by atoms with Crippen LogP contribution in [0.25, 0.3) is 5.82 Å². The summed E-state index contributed by atoms with van der Waals surface area (Å²) in [5.41, 5.74) is 1.51. The molecule has 4 saturated carbocycles. The molecule has 5 heteroatoms. The lowest BCUT2D eigenvalue weighted by Gasteiger charge is -2.54. The average molecular weight is 336 g/mol. The summed E-state index contributed by atoms with van der Waals surface area (Å²) in [6, 6.07) is 6.07. The second-order valence-electron chi connectivity index (χ2n) is 8.17. The SMILES string of the molecule is Cc1c(C(=O)NC2C3CC4CC(C3)CC2C4)cnn1-c1ccccn1. The molecule has 1 amide bonds. The third-order valence-corrected chi connectivity index (χ3v) is 6.65. The minimum atomic E-state index is 0.0251. The molecule has 0 saturated heterocycles. The molecular weight excluding hydrogens is 312 g/mol. The Bertz CT molecular complexity index is 769. The number of hydrogen-bond donors (Lipinski definition) is 1. The predicted octanol–water partition coefficient (Wildman–Crippen LogP) is 3.13. The van der Waals surface area contributed by atoms with Crippen molar-refractivity contribution >= 4 is 5.91 Å². The summed E-state index contributed by atoms with van der Waals surface area (Å²) in [7, 11) is 0. The van der Waals surface area contributed by atoms with Gasteiger partial charge in [0.25, 0.3) is 5.91 Å². The van der Waals surface area contributed by atoms with E-state index in [1.54, 1.807) is 17.1 Å². The number of hydrogen-bond acceptors (Lipinski definition) is 3. The molecule has 4 bridgehead atoms. The van der Waals surface area contributed by atoms with Crippen LogP contribution in [0.4, 0.5) is 0 Å². The molecule has 4 aliphatic carbocycles. The highest BCUT2D eigenvalue weighted by Crippen LogP contribution is 2.53. The number of carbonyl (C=O) groups excluding carboxylic acids is 1. The van der Waals surface area contributed by atoms with Crippen molar-refractivity contribution in [2.24, 2.45) is 23.7 Å². The molecule has 0 aliphatic heterocycles. The van der Waals surface area contributed by atoms with Crippen molar-refractivity contribution in [1.29, 1.82) is 0 Å². The van der Waals surface area contributed by atoms with Crippen molar-refractivity contribution in [3.05, 3.63) is 41.9 Å². The molecule has 2 aromatic heterocycles. The van der Waals surface area contributed by atoms with E-state index in [2.05, 4.69) is 15.4 Å². The number of carbonyl (C=O) groups is 1. The van der Waals surface area contributed by atoms with Gasteiger partial charge in [0.1, 0.15) is 0 Å². The van der Waals surface area contributed by atoms with Gasteiger partial charge in [-0.2, -0.15) is 5.10 Å². The first-order chi connectivity index (χ1) is 12.2. The van der Waals surface area contributed by atoms with Crippen LogP contribution in [0.5, 0.6) is 0 Å². The molecule has 4 aliphatic rings. The zero-order valence-corrected chi connectivity index (χ0v) is 14.6. The van der Waals surface area contributed by atoms with Gasteiger partial charge in [-0.15, -0.1) is 0 Å². The lowest BCUT2D eigenvalue weighted by Crippen LogP contribution is -2.55. The van der Waals surface area contributed by atoms with Crippen LogP contribution in [0, 0.1) is 30.6 Å². The molecule has 130 valence electrons. The fourth-order valence-electron chi connectivity index (χ4n) is 5.73. The molecule has 2 aromatic rings. The highest BCUT2D eigenvalue weighted by Gasteiger charge is 2.48. The maximum absolute atomic E-state index is 12.9. The standard InChI is InChI=1S/C20H24N4O/c1-12-17(11-22-24(12)18-4-2-3-5-21-18)20(25)23-19-15-7-13-6-14(9-15)10-16(19)8-13/h2-5,11,13-16,19H,6-10H2,1H3,(H,23,25). The van der Waals surface area contributed by atoms with E-state index in [1.807, 2.05) is 25.1 Å². The Labute approximate surface area is 147 Å². The molecule has 2 heterocycles. The number of nitrogens with one attached hydrogen (secondary N) is 1. The van der Waals surface area contributed by atoms with Gasteiger partial charge in [-0.1, -0.05) is 6.07 Å². The molecule has 0 unspecified atom stereocenters. The van der Waals surface area contributed by atoms with Crippen LogP contribution < -0.4 is 5.32 Å². The molecular formula is C20H24N4O. The number of rotatable bonds is 3. The van der Waals surface area contributed by atoms with Gasteiger partial charge in [-0.25, -0.2) is 9.67 Å². The lowest BCUT2D eigenvalue weighted by molar-refractivity contribution is -0.0119. The van der Waals surface area contributed by atoms with Crippen molar-refractivity contribution in [3.8, 4) is 5.82 Å². The van der Waals surface area contributed by atoms with Crippen molar-refractivity contribution in [1.82, 2.24) is 20.1 Å². The third kappa shape index (κ3) is 2.48. The first-order valence-corrected chi connectivity index (χ1v) is 9.46. The monoisotopic (exact) mass is 336 g/mol. The number of pyridine rings is 1. The van der Waals surface area contributed by atoms with E-state index in [4.69, 9.17) is 0 Å². The number of amides is 1. The van der Waals surface area contributed by atoms with E-state index >= 15 is 0 Å². The van der Waals surface area contributed by atoms with Crippen LogP contribution in [0.1, 0.15) is 48.2 Å². The lowest BCUT2D eigenvalue weighted by atomic mass is 9.54. The van der Waals surface area contributed by atoms with Crippen molar-refractivity contribution in [2.75, 3.05) is 0 Å². The van der Waals surface area contributed by atoms with Crippen molar-refractivity contribution in [2.45, 2.75) is 45.1 Å². The Morgan fingerprint density at radius 1 is 1.12 bits per heavy atom. The van der Waals surface area contributed by atoms with Gasteiger partial charge in [0.15, 0.2) is 5.82 Å². The van der Waals surface area contributed by atoms with E-state index < -0.39 is 0 Å².